The largest absolute Gasteiger partial charge is 0.464 e. The lowest BCUT2D eigenvalue weighted by atomic mass is 10.1. The first-order chi connectivity index (χ1) is 11.2. The molecule has 0 aliphatic rings. The highest BCUT2D eigenvalue weighted by atomic mass is 32.1. The van der Waals surface area contributed by atoms with Crippen LogP contribution in [0.2, 0.25) is 0 Å². The van der Waals surface area contributed by atoms with Crippen LogP contribution in [0.3, 0.4) is 0 Å². The number of hydrogen-bond acceptors (Lipinski definition) is 6. The summed E-state index contributed by atoms with van der Waals surface area (Å²) in [6.07, 6.45) is 0.623. The van der Waals surface area contributed by atoms with E-state index in [9.17, 15) is 9.59 Å². The van der Waals surface area contributed by atoms with Crippen molar-refractivity contribution in [1.82, 2.24) is 10.3 Å². The van der Waals surface area contributed by atoms with E-state index >= 15 is 0 Å². The molecule has 0 radical (unpaired) electrons. The molecule has 0 aliphatic heterocycles. The third-order valence-electron chi connectivity index (χ3n) is 3.07. The highest BCUT2D eigenvalue weighted by molar-refractivity contribution is 7.09. The number of aromatic nitrogens is 1. The lowest BCUT2D eigenvalue weighted by Crippen LogP contribution is -2.35. The summed E-state index contributed by atoms with van der Waals surface area (Å²) in [7, 11) is 0. The smallest absolute Gasteiger partial charge is 0.333 e. The monoisotopic (exact) mass is 333 g/mol. The fourth-order valence-corrected chi connectivity index (χ4v) is 2.80. The number of rotatable bonds is 7. The molecule has 122 valence electrons. The van der Waals surface area contributed by atoms with E-state index < -0.39 is 17.9 Å². The van der Waals surface area contributed by atoms with Crippen LogP contribution in [0.1, 0.15) is 34.0 Å². The van der Waals surface area contributed by atoms with Gasteiger partial charge in [-0.1, -0.05) is 30.3 Å². The minimum atomic E-state index is -0.858. The molecular formula is C16H19N3O3S. The van der Waals surface area contributed by atoms with Gasteiger partial charge in [-0.15, -0.1) is 11.3 Å². The summed E-state index contributed by atoms with van der Waals surface area (Å²) in [6, 6.07) is 8.12. The molecule has 1 amide bonds. The maximum absolute atomic E-state index is 12.3. The average Bonchev–Trinajstić information content (AvgIpc) is 3.02. The van der Waals surface area contributed by atoms with E-state index in [1.165, 1.54) is 11.3 Å². The zero-order valence-corrected chi connectivity index (χ0v) is 13.6. The minimum Gasteiger partial charge on any atom is -0.464 e. The molecule has 23 heavy (non-hydrogen) atoms. The molecule has 1 heterocycles. The highest BCUT2D eigenvalue weighted by Gasteiger charge is 2.25. The van der Waals surface area contributed by atoms with Crippen molar-refractivity contribution in [1.29, 1.82) is 0 Å². The van der Waals surface area contributed by atoms with E-state index in [1.54, 1.807) is 36.6 Å². The van der Waals surface area contributed by atoms with Crippen molar-refractivity contribution in [2.24, 2.45) is 5.73 Å². The minimum absolute atomic E-state index is 0.245. The second-order valence-electron chi connectivity index (χ2n) is 4.73. The maximum Gasteiger partial charge on any atom is 0.333 e. The first kappa shape index (κ1) is 17.1. The van der Waals surface area contributed by atoms with Gasteiger partial charge in [-0.3, -0.25) is 4.79 Å². The fraction of sp³-hybridized carbons (Fsp3) is 0.312. The number of carbonyl (C=O) groups is 2. The molecule has 0 bridgehead atoms. The van der Waals surface area contributed by atoms with Crippen LogP contribution >= 0.6 is 11.3 Å². The Morgan fingerprint density at radius 1 is 1.35 bits per heavy atom. The van der Waals surface area contributed by atoms with Crippen molar-refractivity contribution < 1.29 is 14.3 Å². The quantitative estimate of drug-likeness (QED) is 0.752. The van der Waals surface area contributed by atoms with Gasteiger partial charge in [-0.05, 0) is 19.0 Å². The van der Waals surface area contributed by atoms with E-state index in [0.29, 0.717) is 18.5 Å². The summed E-state index contributed by atoms with van der Waals surface area (Å²) in [5.41, 5.74) is 6.43. The normalized spacial score (nSPS) is 11.7. The van der Waals surface area contributed by atoms with Gasteiger partial charge in [0.1, 0.15) is 5.69 Å². The molecule has 0 aliphatic carbocycles. The Morgan fingerprint density at radius 2 is 2.09 bits per heavy atom. The van der Waals surface area contributed by atoms with E-state index in [4.69, 9.17) is 10.5 Å². The summed E-state index contributed by atoms with van der Waals surface area (Å²) in [6.45, 7) is 2.45. The zero-order valence-electron chi connectivity index (χ0n) is 12.8. The number of thiazole rings is 1. The van der Waals surface area contributed by atoms with Crippen molar-refractivity contribution >= 4 is 23.2 Å². The number of carbonyl (C=O) groups excluding carboxylic acids is 2. The Bertz CT molecular complexity index is 658. The van der Waals surface area contributed by atoms with Crippen LogP contribution in [0.5, 0.6) is 0 Å². The molecule has 1 atom stereocenters. The second-order valence-corrected chi connectivity index (χ2v) is 5.68. The lowest BCUT2D eigenvalue weighted by Gasteiger charge is -2.17. The second kappa shape index (κ2) is 8.40. The number of esters is 1. The van der Waals surface area contributed by atoms with Crippen molar-refractivity contribution in [2.45, 2.75) is 19.4 Å². The third-order valence-corrected chi connectivity index (χ3v) is 3.98. The molecule has 0 spiro atoms. The molecule has 1 aromatic carbocycles. The molecule has 7 heteroatoms. The first-order valence-electron chi connectivity index (χ1n) is 7.32. The summed E-state index contributed by atoms with van der Waals surface area (Å²) in [5, 5.41) is 5.15. The van der Waals surface area contributed by atoms with Gasteiger partial charge in [-0.25, -0.2) is 9.78 Å². The number of hydrogen-bond donors (Lipinski definition) is 2. The molecule has 0 unspecified atom stereocenters. The Kier molecular flexibility index (Phi) is 6.25. The predicted molar refractivity (Wildman–Crippen MR) is 88.2 cm³/mol. The van der Waals surface area contributed by atoms with Crippen LogP contribution in [-0.2, 0) is 16.0 Å². The third kappa shape index (κ3) is 4.61. The van der Waals surface area contributed by atoms with Crippen LogP contribution < -0.4 is 11.1 Å². The van der Waals surface area contributed by atoms with Gasteiger partial charge in [0.25, 0.3) is 5.91 Å². The SMILES string of the molecule is CCOC(=O)[C@H](NC(=O)c1csc(CCN)n1)c1ccccc1. The number of nitrogens with one attached hydrogen (secondary N) is 1. The van der Waals surface area contributed by atoms with Crippen molar-refractivity contribution in [2.75, 3.05) is 13.2 Å². The first-order valence-corrected chi connectivity index (χ1v) is 8.20. The van der Waals surface area contributed by atoms with Gasteiger partial charge in [0.05, 0.1) is 11.6 Å². The Morgan fingerprint density at radius 3 is 2.74 bits per heavy atom. The van der Waals surface area contributed by atoms with Gasteiger partial charge in [0.2, 0.25) is 0 Å². The Balaban J connectivity index is 2.16. The average molecular weight is 333 g/mol. The Hall–Kier alpha value is -2.25. The van der Waals surface area contributed by atoms with Gasteiger partial charge in [0.15, 0.2) is 6.04 Å². The number of nitrogens with zero attached hydrogens (tertiary/aromatic N) is 1. The lowest BCUT2D eigenvalue weighted by molar-refractivity contribution is -0.145. The standard InChI is InChI=1S/C16H19N3O3S/c1-2-22-16(21)14(11-6-4-3-5-7-11)19-15(20)12-10-23-13(18-12)8-9-17/h3-7,10,14H,2,8-9,17H2,1H3,(H,19,20)/t14-/m1/s1. The molecule has 2 aromatic rings. The van der Waals surface area contributed by atoms with Crippen LogP contribution in [-0.4, -0.2) is 30.0 Å². The highest BCUT2D eigenvalue weighted by Crippen LogP contribution is 2.16. The summed E-state index contributed by atoms with van der Waals surface area (Å²) < 4.78 is 5.05. The summed E-state index contributed by atoms with van der Waals surface area (Å²) in [5.74, 6) is -0.907. The van der Waals surface area contributed by atoms with Gasteiger partial charge < -0.3 is 15.8 Å². The van der Waals surface area contributed by atoms with E-state index in [1.807, 2.05) is 6.07 Å². The topological polar surface area (TPSA) is 94.3 Å². The number of benzene rings is 1. The van der Waals surface area contributed by atoms with Gasteiger partial charge >= 0.3 is 5.97 Å². The molecule has 1 aromatic heterocycles. The van der Waals surface area contributed by atoms with Gasteiger partial charge in [0, 0.05) is 11.8 Å². The van der Waals surface area contributed by atoms with Crippen molar-refractivity contribution in [3.63, 3.8) is 0 Å². The molecule has 2 rings (SSSR count). The summed E-state index contributed by atoms with van der Waals surface area (Å²) in [4.78, 5) is 28.7. The maximum atomic E-state index is 12.3. The van der Waals surface area contributed by atoms with Crippen molar-refractivity contribution in [3.05, 3.63) is 52.0 Å². The van der Waals surface area contributed by atoms with E-state index in [2.05, 4.69) is 10.3 Å². The number of amides is 1. The van der Waals surface area contributed by atoms with Crippen LogP contribution in [0.25, 0.3) is 0 Å². The van der Waals surface area contributed by atoms with Crippen LogP contribution in [0.15, 0.2) is 35.7 Å². The molecule has 0 fully saturated rings. The molecule has 3 N–H and O–H groups in total. The fourth-order valence-electron chi connectivity index (χ4n) is 2.01. The van der Waals surface area contributed by atoms with E-state index in [-0.39, 0.29) is 12.3 Å². The summed E-state index contributed by atoms with van der Waals surface area (Å²) >= 11 is 1.38. The van der Waals surface area contributed by atoms with E-state index in [0.717, 1.165) is 5.01 Å². The number of ether oxygens (including phenoxy) is 1. The zero-order chi connectivity index (χ0) is 16.7. The molecule has 0 saturated carbocycles. The van der Waals surface area contributed by atoms with Gasteiger partial charge in [-0.2, -0.15) is 0 Å². The van der Waals surface area contributed by atoms with Crippen LogP contribution in [0, 0.1) is 0 Å². The predicted octanol–water partition coefficient (Wildman–Crippen LogP) is 1.68. The van der Waals surface area contributed by atoms with Crippen molar-refractivity contribution in [3.8, 4) is 0 Å². The Labute approximate surface area is 138 Å². The van der Waals surface area contributed by atoms with Crippen LogP contribution in [0.4, 0.5) is 0 Å². The molecule has 0 saturated heterocycles. The number of nitrogens with two attached hydrogens (primary N) is 1. The molecule has 6 nitrogen and oxygen atoms in total. The molecular weight excluding hydrogens is 314 g/mol.